The van der Waals surface area contributed by atoms with Crippen LogP contribution in [0, 0.1) is 6.92 Å². The van der Waals surface area contributed by atoms with E-state index in [4.69, 9.17) is 4.42 Å². The van der Waals surface area contributed by atoms with Crippen LogP contribution in [-0.4, -0.2) is 47.8 Å². The summed E-state index contributed by atoms with van der Waals surface area (Å²) in [7, 11) is 0. The standard InChI is InChI=1S/C28H27N3O3/c1-20-11-13-22(14-12-20)27(32)29-25-23-9-5-6-10-24(23)34-26(25)28(33)31-17-15-30(16-18-31)19-21-7-3-2-4-8-21/h2-14H,15-19H2,1H3,(H,29,32). The zero-order valence-electron chi connectivity index (χ0n) is 19.2. The Labute approximate surface area is 198 Å². The van der Waals surface area contributed by atoms with E-state index in [9.17, 15) is 9.59 Å². The van der Waals surface area contributed by atoms with Gasteiger partial charge in [0.1, 0.15) is 11.3 Å². The predicted molar refractivity (Wildman–Crippen MR) is 133 cm³/mol. The summed E-state index contributed by atoms with van der Waals surface area (Å²) in [5.74, 6) is -0.291. The van der Waals surface area contributed by atoms with Crippen LogP contribution in [0.25, 0.3) is 11.0 Å². The number of hydrogen-bond donors (Lipinski definition) is 1. The monoisotopic (exact) mass is 453 g/mol. The predicted octanol–water partition coefficient (Wildman–Crippen LogP) is 4.95. The lowest BCUT2D eigenvalue weighted by Gasteiger charge is -2.34. The van der Waals surface area contributed by atoms with Crippen LogP contribution in [0.15, 0.2) is 83.3 Å². The molecule has 2 amide bonds. The molecule has 1 aromatic heterocycles. The Balaban J connectivity index is 1.34. The normalized spacial score (nSPS) is 14.3. The van der Waals surface area contributed by atoms with E-state index in [-0.39, 0.29) is 17.6 Å². The molecule has 3 aromatic carbocycles. The second kappa shape index (κ2) is 9.53. The second-order valence-corrected chi connectivity index (χ2v) is 8.68. The number of para-hydroxylation sites is 1. The van der Waals surface area contributed by atoms with Gasteiger partial charge in [0.05, 0.1) is 0 Å². The first-order valence-electron chi connectivity index (χ1n) is 11.5. The lowest BCUT2D eigenvalue weighted by molar-refractivity contribution is 0.0601. The molecule has 34 heavy (non-hydrogen) atoms. The number of piperazine rings is 1. The molecular weight excluding hydrogens is 426 g/mol. The van der Waals surface area contributed by atoms with Crippen molar-refractivity contribution in [2.45, 2.75) is 13.5 Å². The van der Waals surface area contributed by atoms with Crippen LogP contribution in [0.4, 0.5) is 5.69 Å². The number of anilines is 1. The topological polar surface area (TPSA) is 65.8 Å². The van der Waals surface area contributed by atoms with Gasteiger partial charge in [-0.2, -0.15) is 0 Å². The van der Waals surface area contributed by atoms with Gasteiger partial charge in [0.15, 0.2) is 0 Å². The fraction of sp³-hybridized carbons (Fsp3) is 0.214. The van der Waals surface area contributed by atoms with Crippen molar-refractivity contribution in [1.29, 1.82) is 0 Å². The van der Waals surface area contributed by atoms with Gasteiger partial charge in [0.25, 0.3) is 11.8 Å². The van der Waals surface area contributed by atoms with Crippen LogP contribution in [0.3, 0.4) is 0 Å². The van der Waals surface area contributed by atoms with Gasteiger partial charge in [-0.15, -0.1) is 0 Å². The van der Waals surface area contributed by atoms with E-state index >= 15 is 0 Å². The Bertz CT molecular complexity index is 1300. The van der Waals surface area contributed by atoms with Crippen molar-refractivity contribution in [3.8, 4) is 0 Å². The van der Waals surface area contributed by atoms with E-state index in [0.717, 1.165) is 25.2 Å². The van der Waals surface area contributed by atoms with Gasteiger partial charge in [-0.05, 0) is 36.8 Å². The second-order valence-electron chi connectivity index (χ2n) is 8.68. The van der Waals surface area contributed by atoms with E-state index in [0.29, 0.717) is 35.3 Å². The number of hydrogen-bond acceptors (Lipinski definition) is 4. The van der Waals surface area contributed by atoms with Crippen LogP contribution in [-0.2, 0) is 6.54 Å². The zero-order chi connectivity index (χ0) is 23.5. The van der Waals surface area contributed by atoms with E-state index in [1.54, 1.807) is 17.0 Å². The molecule has 1 N–H and O–H groups in total. The van der Waals surface area contributed by atoms with Gasteiger partial charge in [0, 0.05) is 43.7 Å². The highest BCUT2D eigenvalue weighted by atomic mass is 16.3. The average molecular weight is 454 g/mol. The maximum atomic E-state index is 13.5. The minimum Gasteiger partial charge on any atom is -0.449 e. The third-order valence-electron chi connectivity index (χ3n) is 6.25. The number of carbonyl (C=O) groups is 2. The smallest absolute Gasteiger partial charge is 0.291 e. The number of benzene rings is 3. The van der Waals surface area contributed by atoms with Crippen LogP contribution in [0.1, 0.15) is 32.0 Å². The Morgan fingerprint density at radius 3 is 2.26 bits per heavy atom. The molecule has 0 bridgehead atoms. The van der Waals surface area contributed by atoms with Crippen molar-refractivity contribution >= 4 is 28.5 Å². The molecule has 1 aliphatic rings. The summed E-state index contributed by atoms with van der Waals surface area (Å²) in [4.78, 5) is 30.6. The summed E-state index contributed by atoms with van der Waals surface area (Å²) in [6, 6.07) is 25.1. The highest BCUT2D eigenvalue weighted by Crippen LogP contribution is 2.32. The van der Waals surface area contributed by atoms with Crippen molar-refractivity contribution in [3.63, 3.8) is 0 Å². The summed E-state index contributed by atoms with van der Waals surface area (Å²) in [6.45, 7) is 5.62. The Kier molecular flexibility index (Phi) is 6.14. The summed E-state index contributed by atoms with van der Waals surface area (Å²) in [6.07, 6.45) is 0. The first-order chi connectivity index (χ1) is 16.6. The third-order valence-corrected chi connectivity index (χ3v) is 6.25. The molecule has 0 saturated carbocycles. The number of carbonyl (C=O) groups excluding carboxylic acids is 2. The minimum atomic E-state index is -0.270. The van der Waals surface area contributed by atoms with Gasteiger partial charge in [-0.3, -0.25) is 14.5 Å². The van der Waals surface area contributed by atoms with Crippen LogP contribution in [0.5, 0.6) is 0 Å². The number of rotatable bonds is 5. The Morgan fingerprint density at radius 2 is 1.53 bits per heavy atom. The summed E-state index contributed by atoms with van der Waals surface area (Å²) in [5.41, 5.74) is 3.88. The van der Waals surface area contributed by atoms with Crippen LogP contribution >= 0.6 is 0 Å². The van der Waals surface area contributed by atoms with E-state index in [1.165, 1.54) is 5.56 Å². The fourth-order valence-electron chi connectivity index (χ4n) is 4.31. The van der Waals surface area contributed by atoms with Crippen molar-refractivity contribution in [2.24, 2.45) is 0 Å². The summed E-state index contributed by atoms with van der Waals surface area (Å²) in [5, 5.41) is 3.66. The molecule has 172 valence electrons. The number of aryl methyl sites for hydroxylation is 1. The molecule has 1 saturated heterocycles. The van der Waals surface area contributed by atoms with Crippen molar-refractivity contribution < 1.29 is 14.0 Å². The molecule has 0 radical (unpaired) electrons. The maximum absolute atomic E-state index is 13.5. The summed E-state index contributed by atoms with van der Waals surface area (Å²) < 4.78 is 5.97. The van der Waals surface area contributed by atoms with E-state index in [1.807, 2.05) is 61.5 Å². The SMILES string of the molecule is Cc1ccc(C(=O)Nc2c(C(=O)N3CCN(Cc4ccccc4)CC3)oc3ccccc23)cc1. The zero-order valence-corrected chi connectivity index (χ0v) is 19.2. The summed E-state index contributed by atoms with van der Waals surface area (Å²) >= 11 is 0. The van der Waals surface area contributed by atoms with E-state index < -0.39 is 0 Å². The Morgan fingerprint density at radius 1 is 0.853 bits per heavy atom. The van der Waals surface area contributed by atoms with Gasteiger partial charge in [-0.1, -0.05) is 60.2 Å². The average Bonchev–Trinajstić information content (AvgIpc) is 3.23. The molecule has 5 rings (SSSR count). The largest absolute Gasteiger partial charge is 0.449 e. The lowest BCUT2D eigenvalue weighted by Crippen LogP contribution is -2.48. The highest BCUT2D eigenvalue weighted by molar-refractivity contribution is 6.14. The quantitative estimate of drug-likeness (QED) is 0.464. The molecule has 4 aromatic rings. The third kappa shape index (κ3) is 4.58. The molecule has 6 nitrogen and oxygen atoms in total. The van der Waals surface area contributed by atoms with Gasteiger partial charge in [-0.25, -0.2) is 0 Å². The number of nitrogens with zero attached hydrogens (tertiary/aromatic N) is 2. The van der Waals surface area contributed by atoms with Gasteiger partial charge >= 0.3 is 0 Å². The molecule has 0 atom stereocenters. The first-order valence-corrected chi connectivity index (χ1v) is 11.5. The molecule has 6 heteroatoms. The number of amides is 2. The molecule has 1 aliphatic heterocycles. The number of nitrogens with one attached hydrogen (secondary N) is 1. The van der Waals surface area contributed by atoms with E-state index in [2.05, 4.69) is 22.3 Å². The lowest BCUT2D eigenvalue weighted by atomic mass is 10.1. The van der Waals surface area contributed by atoms with Crippen molar-refractivity contribution in [1.82, 2.24) is 9.80 Å². The molecule has 0 spiro atoms. The number of furan rings is 1. The molecule has 0 aliphatic carbocycles. The van der Waals surface area contributed by atoms with Crippen LogP contribution in [0.2, 0.25) is 0 Å². The maximum Gasteiger partial charge on any atom is 0.291 e. The van der Waals surface area contributed by atoms with Crippen molar-refractivity contribution in [3.05, 3.63) is 101 Å². The molecule has 2 heterocycles. The first kappa shape index (κ1) is 21.9. The molecule has 0 unspecified atom stereocenters. The minimum absolute atomic E-state index is 0.179. The van der Waals surface area contributed by atoms with Crippen molar-refractivity contribution in [2.75, 3.05) is 31.5 Å². The van der Waals surface area contributed by atoms with Gasteiger partial charge < -0.3 is 14.6 Å². The van der Waals surface area contributed by atoms with Crippen LogP contribution < -0.4 is 5.32 Å². The van der Waals surface area contributed by atoms with Gasteiger partial charge in [0.2, 0.25) is 5.76 Å². The fourth-order valence-corrected chi connectivity index (χ4v) is 4.31. The Hall–Kier alpha value is -3.90. The number of fused-ring (bicyclic) bond motifs is 1. The molecule has 1 fully saturated rings. The highest BCUT2D eigenvalue weighted by Gasteiger charge is 2.29. The molecular formula is C28H27N3O3.